The van der Waals surface area contributed by atoms with Crippen LogP contribution in [0, 0.1) is 5.92 Å². The lowest BCUT2D eigenvalue weighted by Gasteiger charge is -2.22. The van der Waals surface area contributed by atoms with Gasteiger partial charge in [-0.3, -0.25) is 19.0 Å². The molecule has 9 nitrogen and oxygen atoms in total. The van der Waals surface area contributed by atoms with Gasteiger partial charge in [0.15, 0.2) is 11.5 Å². The average molecular weight is 467 g/mol. The van der Waals surface area contributed by atoms with Crippen molar-refractivity contribution in [3.8, 4) is 11.5 Å². The van der Waals surface area contributed by atoms with Gasteiger partial charge in [0, 0.05) is 12.6 Å². The Hall–Kier alpha value is -3.88. The van der Waals surface area contributed by atoms with E-state index in [1.54, 1.807) is 6.07 Å². The molecule has 0 bridgehead atoms. The molecule has 1 atom stereocenters. The fourth-order valence-corrected chi connectivity index (χ4v) is 3.59. The second-order valence-electron chi connectivity index (χ2n) is 8.22. The van der Waals surface area contributed by atoms with E-state index in [1.807, 2.05) is 44.2 Å². The summed E-state index contributed by atoms with van der Waals surface area (Å²) in [6, 6.07) is 12.2. The highest BCUT2D eigenvalue weighted by Crippen LogP contribution is 2.29. The van der Waals surface area contributed by atoms with Crippen molar-refractivity contribution in [2.24, 2.45) is 5.92 Å². The van der Waals surface area contributed by atoms with Gasteiger partial charge in [-0.1, -0.05) is 44.2 Å². The number of amides is 2. The fourth-order valence-electron chi connectivity index (χ4n) is 3.59. The summed E-state index contributed by atoms with van der Waals surface area (Å²) in [5.41, 5.74) is 1.15. The number of benzene rings is 2. The van der Waals surface area contributed by atoms with Crippen molar-refractivity contribution in [1.29, 1.82) is 0 Å². The molecule has 0 saturated carbocycles. The van der Waals surface area contributed by atoms with Gasteiger partial charge in [0.25, 0.3) is 5.56 Å². The number of carbonyl (C=O) groups is 2. The second-order valence-corrected chi connectivity index (χ2v) is 8.22. The zero-order valence-electron chi connectivity index (χ0n) is 19.8. The molecule has 180 valence electrons. The molecule has 34 heavy (non-hydrogen) atoms. The van der Waals surface area contributed by atoms with Crippen molar-refractivity contribution >= 4 is 22.7 Å². The highest BCUT2D eigenvalue weighted by molar-refractivity contribution is 5.88. The van der Waals surface area contributed by atoms with Crippen LogP contribution in [0.5, 0.6) is 11.5 Å². The van der Waals surface area contributed by atoms with E-state index >= 15 is 0 Å². The minimum atomic E-state index is -0.725. The van der Waals surface area contributed by atoms with Crippen LogP contribution in [0.3, 0.4) is 0 Å². The zero-order valence-corrected chi connectivity index (χ0v) is 19.8. The molecule has 1 unspecified atom stereocenters. The lowest BCUT2D eigenvalue weighted by Crippen LogP contribution is -2.51. The lowest BCUT2D eigenvalue weighted by atomic mass is 10.0. The Balaban J connectivity index is 1.67. The maximum Gasteiger partial charge on any atom is 0.261 e. The standard InChI is InChI=1S/C25H30N4O5/c1-16(2)23(24(31)26-11-10-17-8-6-5-7-9-17)28-22(30)14-29-15-27-19-13-21(34-4)20(33-3)12-18(19)25(29)32/h5-9,12-13,15-16,23H,10-11,14H2,1-4H3,(H,26,31)(H,28,30). The lowest BCUT2D eigenvalue weighted by molar-refractivity contribution is -0.130. The number of aromatic nitrogens is 2. The number of hydrogen-bond donors (Lipinski definition) is 2. The van der Waals surface area contributed by atoms with Crippen LogP contribution in [0.4, 0.5) is 0 Å². The number of hydrogen-bond acceptors (Lipinski definition) is 6. The molecular formula is C25H30N4O5. The molecule has 3 rings (SSSR count). The second kappa shape index (κ2) is 11.3. The van der Waals surface area contributed by atoms with Crippen LogP contribution in [-0.2, 0) is 22.6 Å². The van der Waals surface area contributed by atoms with Gasteiger partial charge in [0.05, 0.1) is 31.4 Å². The summed E-state index contributed by atoms with van der Waals surface area (Å²) in [6.07, 6.45) is 2.00. The molecule has 0 fully saturated rings. The van der Waals surface area contributed by atoms with Gasteiger partial charge in [0.1, 0.15) is 12.6 Å². The monoisotopic (exact) mass is 466 g/mol. The maximum atomic E-state index is 12.9. The first kappa shape index (κ1) is 24.8. The van der Waals surface area contributed by atoms with E-state index in [0.717, 1.165) is 5.56 Å². The van der Waals surface area contributed by atoms with Gasteiger partial charge in [-0.25, -0.2) is 4.98 Å². The third-order valence-electron chi connectivity index (χ3n) is 5.46. The maximum absolute atomic E-state index is 12.9. The quantitative estimate of drug-likeness (QED) is 0.472. The van der Waals surface area contributed by atoms with Gasteiger partial charge in [-0.05, 0) is 24.0 Å². The van der Waals surface area contributed by atoms with Crippen molar-refractivity contribution < 1.29 is 19.1 Å². The van der Waals surface area contributed by atoms with Crippen LogP contribution < -0.4 is 25.7 Å². The summed E-state index contributed by atoms with van der Waals surface area (Å²) in [5, 5.41) is 5.93. The van der Waals surface area contributed by atoms with Crippen LogP contribution in [0.15, 0.2) is 53.6 Å². The molecule has 2 amide bonds. The van der Waals surface area contributed by atoms with Crippen LogP contribution in [0.2, 0.25) is 0 Å². The fraction of sp³-hybridized carbons (Fsp3) is 0.360. The molecule has 0 aliphatic carbocycles. The molecule has 1 heterocycles. The SMILES string of the molecule is COc1cc2ncn(CC(=O)NC(C(=O)NCCc3ccccc3)C(C)C)c(=O)c2cc1OC. The third-order valence-corrected chi connectivity index (χ3v) is 5.46. The molecule has 9 heteroatoms. The minimum absolute atomic E-state index is 0.135. The summed E-state index contributed by atoms with van der Waals surface area (Å²) < 4.78 is 11.7. The predicted octanol–water partition coefficient (Wildman–Crippen LogP) is 1.91. The molecule has 0 radical (unpaired) electrons. The Morgan fingerprint density at radius 2 is 1.74 bits per heavy atom. The first-order valence-electron chi connectivity index (χ1n) is 11.1. The molecule has 2 N–H and O–H groups in total. The summed E-state index contributed by atoms with van der Waals surface area (Å²) in [6.45, 7) is 3.90. The molecule has 3 aromatic rings. The third kappa shape index (κ3) is 5.92. The summed E-state index contributed by atoms with van der Waals surface area (Å²) in [7, 11) is 2.97. The Morgan fingerprint density at radius 1 is 1.06 bits per heavy atom. The highest BCUT2D eigenvalue weighted by Gasteiger charge is 2.24. The van der Waals surface area contributed by atoms with Gasteiger partial charge < -0.3 is 20.1 Å². The van der Waals surface area contributed by atoms with Crippen molar-refractivity contribution in [2.75, 3.05) is 20.8 Å². The Labute approximate surface area is 198 Å². The first-order valence-corrected chi connectivity index (χ1v) is 11.1. The van der Waals surface area contributed by atoms with E-state index in [0.29, 0.717) is 35.4 Å². The highest BCUT2D eigenvalue weighted by atomic mass is 16.5. The van der Waals surface area contributed by atoms with Gasteiger partial charge >= 0.3 is 0 Å². The molecule has 0 aliphatic rings. The summed E-state index contributed by atoms with van der Waals surface area (Å²) >= 11 is 0. The first-order chi connectivity index (χ1) is 16.3. The van der Waals surface area contributed by atoms with Gasteiger partial charge in [-0.2, -0.15) is 0 Å². The zero-order chi connectivity index (χ0) is 24.7. The van der Waals surface area contributed by atoms with Crippen LogP contribution in [0.1, 0.15) is 19.4 Å². The molecule has 2 aromatic carbocycles. The number of rotatable bonds is 10. The van der Waals surface area contributed by atoms with Crippen LogP contribution >= 0.6 is 0 Å². The summed E-state index contributed by atoms with van der Waals surface area (Å²) in [5.74, 6) is -0.0109. The van der Waals surface area contributed by atoms with E-state index in [9.17, 15) is 14.4 Å². The van der Waals surface area contributed by atoms with E-state index in [2.05, 4.69) is 15.6 Å². The number of methoxy groups -OCH3 is 2. The number of carbonyl (C=O) groups excluding carboxylic acids is 2. The van der Waals surface area contributed by atoms with E-state index < -0.39 is 17.5 Å². The number of fused-ring (bicyclic) bond motifs is 1. The van der Waals surface area contributed by atoms with E-state index in [1.165, 1.54) is 31.2 Å². The normalized spacial score (nSPS) is 11.8. The van der Waals surface area contributed by atoms with Crippen LogP contribution in [-0.4, -0.2) is 48.2 Å². The molecular weight excluding hydrogens is 436 g/mol. The van der Waals surface area contributed by atoms with Gasteiger partial charge in [0.2, 0.25) is 11.8 Å². The average Bonchev–Trinajstić information content (AvgIpc) is 2.84. The topological polar surface area (TPSA) is 112 Å². The van der Waals surface area contributed by atoms with Crippen molar-refractivity contribution in [1.82, 2.24) is 20.2 Å². The van der Waals surface area contributed by atoms with E-state index in [4.69, 9.17) is 9.47 Å². The van der Waals surface area contributed by atoms with E-state index in [-0.39, 0.29) is 18.4 Å². The minimum Gasteiger partial charge on any atom is -0.493 e. The summed E-state index contributed by atoms with van der Waals surface area (Å²) in [4.78, 5) is 42.6. The predicted molar refractivity (Wildman–Crippen MR) is 129 cm³/mol. The number of nitrogens with one attached hydrogen (secondary N) is 2. The van der Waals surface area contributed by atoms with Crippen molar-refractivity contribution in [3.63, 3.8) is 0 Å². The smallest absolute Gasteiger partial charge is 0.261 e. The number of ether oxygens (including phenoxy) is 2. The number of nitrogens with zero attached hydrogens (tertiary/aromatic N) is 2. The Kier molecular flexibility index (Phi) is 8.24. The van der Waals surface area contributed by atoms with Crippen molar-refractivity contribution in [3.05, 3.63) is 64.7 Å². The molecule has 0 aliphatic heterocycles. The largest absolute Gasteiger partial charge is 0.493 e. The van der Waals surface area contributed by atoms with Crippen LogP contribution in [0.25, 0.3) is 10.9 Å². The Morgan fingerprint density at radius 3 is 2.38 bits per heavy atom. The molecule has 1 aromatic heterocycles. The van der Waals surface area contributed by atoms with Crippen molar-refractivity contribution in [2.45, 2.75) is 32.9 Å². The Bertz CT molecular complexity index is 1210. The molecule has 0 saturated heterocycles. The molecule has 0 spiro atoms. The van der Waals surface area contributed by atoms with Gasteiger partial charge in [-0.15, -0.1) is 0 Å².